The van der Waals surface area contributed by atoms with Crippen molar-refractivity contribution in [3.63, 3.8) is 0 Å². The van der Waals surface area contributed by atoms with Crippen LogP contribution in [0.5, 0.6) is 5.75 Å². The quantitative estimate of drug-likeness (QED) is 0.107. The summed E-state index contributed by atoms with van der Waals surface area (Å²) in [5, 5.41) is 17.5. The third-order valence-corrected chi connectivity index (χ3v) is 16.4. The van der Waals surface area contributed by atoms with Gasteiger partial charge in [-0.15, -0.1) is 0 Å². The summed E-state index contributed by atoms with van der Waals surface area (Å²) >= 11 is 0. The molecule has 0 aromatic heterocycles. The number of aliphatic hydroxyl groups is 1. The fraction of sp³-hybridized carbons (Fsp3) is 0.488. The van der Waals surface area contributed by atoms with Crippen LogP contribution in [0.3, 0.4) is 0 Å². The van der Waals surface area contributed by atoms with Gasteiger partial charge in [0.15, 0.2) is 5.60 Å². The lowest BCUT2D eigenvalue weighted by atomic mass is 9.82. The molecule has 12 nitrogen and oxygen atoms in total. The maximum absolute atomic E-state index is 15.2. The SMILES string of the molecule is COC(=O)CCCCN1C(=O)[C@@]2(O[C@@H](CC(=O)N(CCO)Cc3ccccc3)[C@H]([Si](C)(C)c3ccc(OC)cc3)[C@H]2C)c2cc(NC(=O)[C@H]3CCCN3)ccc21. The Balaban J connectivity index is 1.41. The van der Waals surface area contributed by atoms with Crippen molar-refractivity contribution < 1.29 is 38.5 Å². The Kier molecular flexibility index (Phi) is 13.0. The number of carbonyl (C=O) groups is 4. The number of methoxy groups -OCH3 is 2. The smallest absolute Gasteiger partial charge is 0.305 e. The van der Waals surface area contributed by atoms with E-state index in [0.717, 1.165) is 35.9 Å². The first kappa shape index (κ1) is 41.1. The topological polar surface area (TPSA) is 147 Å². The molecular formula is C43H56N4O8Si. The zero-order valence-corrected chi connectivity index (χ0v) is 34.2. The molecule has 0 bridgehead atoms. The van der Waals surface area contributed by atoms with Crippen molar-refractivity contribution in [3.8, 4) is 5.75 Å². The zero-order valence-electron chi connectivity index (χ0n) is 33.2. The molecule has 56 heavy (non-hydrogen) atoms. The van der Waals surface area contributed by atoms with Crippen molar-refractivity contribution in [3.05, 3.63) is 83.9 Å². The molecule has 0 radical (unpaired) electrons. The number of anilines is 2. The van der Waals surface area contributed by atoms with E-state index in [2.05, 4.69) is 42.8 Å². The van der Waals surface area contributed by atoms with Gasteiger partial charge in [-0.3, -0.25) is 19.2 Å². The van der Waals surface area contributed by atoms with Crippen LogP contribution in [0.15, 0.2) is 72.8 Å². The molecule has 3 aliphatic rings. The van der Waals surface area contributed by atoms with Gasteiger partial charge in [0.2, 0.25) is 11.8 Å². The van der Waals surface area contributed by atoms with E-state index in [1.54, 1.807) is 16.9 Å². The summed E-state index contributed by atoms with van der Waals surface area (Å²) in [5.74, 6) is -0.450. The number of fused-ring (bicyclic) bond motifs is 2. The Morgan fingerprint density at radius 2 is 1.80 bits per heavy atom. The lowest BCUT2D eigenvalue weighted by Crippen LogP contribution is -2.52. The molecule has 6 rings (SSSR count). The average Bonchev–Trinajstić information content (AvgIpc) is 3.90. The first-order chi connectivity index (χ1) is 26.9. The molecular weight excluding hydrogens is 729 g/mol. The van der Waals surface area contributed by atoms with Crippen molar-refractivity contribution in [2.45, 2.75) is 88.4 Å². The Hall–Kier alpha value is -4.56. The summed E-state index contributed by atoms with van der Waals surface area (Å²) in [4.78, 5) is 58.2. The molecule has 2 fully saturated rings. The van der Waals surface area contributed by atoms with Crippen molar-refractivity contribution in [2.24, 2.45) is 5.92 Å². The molecule has 13 heteroatoms. The highest BCUT2D eigenvalue weighted by molar-refractivity contribution is 6.91. The molecule has 0 aliphatic carbocycles. The summed E-state index contributed by atoms with van der Waals surface area (Å²) in [7, 11) is 0.423. The molecule has 3 N–H and O–H groups in total. The number of benzene rings is 3. The maximum atomic E-state index is 15.2. The first-order valence-electron chi connectivity index (χ1n) is 19.8. The van der Waals surface area contributed by atoms with Gasteiger partial charge >= 0.3 is 5.97 Å². The van der Waals surface area contributed by atoms with Crippen molar-refractivity contribution in [1.82, 2.24) is 10.2 Å². The van der Waals surface area contributed by atoms with E-state index in [0.29, 0.717) is 42.9 Å². The molecule has 0 unspecified atom stereocenters. The minimum atomic E-state index is -2.58. The Labute approximate surface area is 330 Å². The highest BCUT2D eigenvalue weighted by atomic mass is 28.3. The van der Waals surface area contributed by atoms with Crippen molar-refractivity contribution >= 4 is 48.3 Å². The fourth-order valence-electron chi connectivity index (χ4n) is 9.11. The number of hydrogen-bond donors (Lipinski definition) is 3. The monoisotopic (exact) mass is 784 g/mol. The van der Waals surface area contributed by atoms with Gasteiger partial charge < -0.3 is 39.8 Å². The van der Waals surface area contributed by atoms with Gasteiger partial charge in [-0.2, -0.15) is 0 Å². The molecule has 1 spiro atoms. The third kappa shape index (κ3) is 8.27. The number of ether oxygens (including phenoxy) is 3. The Morgan fingerprint density at radius 3 is 2.46 bits per heavy atom. The lowest BCUT2D eigenvalue weighted by Gasteiger charge is -2.37. The summed E-state index contributed by atoms with van der Waals surface area (Å²) in [5.41, 5.74) is 1.22. The van der Waals surface area contributed by atoms with Crippen molar-refractivity contribution in [1.29, 1.82) is 0 Å². The van der Waals surface area contributed by atoms with Crippen LogP contribution in [0.1, 0.15) is 56.6 Å². The molecule has 3 aliphatic heterocycles. The van der Waals surface area contributed by atoms with E-state index in [1.165, 1.54) is 7.11 Å². The van der Waals surface area contributed by atoms with Crippen LogP contribution in [0.25, 0.3) is 0 Å². The summed E-state index contributed by atoms with van der Waals surface area (Å²) in [6.45, 7) is 8.03. The van der Waals surface area contributed by atoms with E-state index in [4.69, 9.17) is 14.2 Å². The van der Waals surface area contributed by atoms with E-state index in [9.17, 15) is 19.5 Å². The minimum absolute atomic E-state index is 0.0156. The predicted molar refractivity (Wildman–Crippen MR) is 217 cm³/mol. The van der Waals surface area contributed by atoms with Crippen molar-refractivity contribution in [2.75, 3.05) is 50.7 Å². The number of rotatable bonds is 16. The summed E-state index contributed by atoms with van der Waals surface area (Å²) in [6, 6.07) is 23.0. The van der Waals surface area contributed by atoms with Crippen LogP contribution < -0.4 is 25.5 Å². The van der Waals surface area contributed by atoms with E-state index < -0.39 is 19.8 Å². The highest BCUT2D eigenvalue weighted by Gasteiger charge is 2.66. The van der Waals surface area contributed by atoms with Crippen LogP contribution in [0.4, 0.5) is 11.4 Å². The molecule has 300 valence electrons. The predicted octanol–water partition coefficient (Wildman–Crippen LogP) is 4.70. The van der Waals surface area contributed by atoms with Crippen LogP contribution in [-0.4, -0.2) is 94.4 Å². The number of nitrogens with zero attached hydrogens (tertiary/aromatic N) is 2. The standard InChI is InChI=1S/C43H56N4O8Si/c1-29-40(56(4,5)33-19-17-32(53-2)18-20-33)37(27-38(49)46(24-25-48)28-30-12-7-6-8-13-30)55-43(29)34-26-31(45-41(51)35-14-11-22-44-35)16-21-36(34)47(42(43)52)23-10-9-15-39(50)54-3/h6-8,12-13,16-21,26,29,35,37,40,44,48H,9-11,14-15,22-25,27-28H2,1-5H3,(H,45,51)/t29-,35-,37+,40-,43+/m1/s1. The normalized spacial score (nSPS) is 23.0. The highest BCUT2D eigenvalue weighted by Crippen LogP contribution is 2.60. The van der Waals surface area contributed by atoms with Crippen LogP contribution in [0.2, 0.25) is 18.6 Å². The molecule has 2 saturated heterocycles. The first-order valence-corrected chi connectivity index (χ1v) is 22.8. The van der Waals surface area contributed by atoms with Gasteiger partial charge in [-0.05, 0) is 73.7 Å². The molecule has 3 aromatic carbocycles. The van der Waals surface area contributed by atoms with Gasteiger partial charge in [-0.25, -0.2) is 0 Å². The minimum Gasteiger partial charge on any atom is -0.497 e. The largest absolute Gasteiger partial charge is 0.497 e. The second kappa shape index (κ2) is 17.7. The Bertz CT molecular complexity index is 1870. The summed E-state index contributed by atoms with van der Waals surface area (Å²) in [6.07, 6.45) is 2.38. The van der Waals surface area contributed by atoms with Gasteiger partial charge in [0.05, 0.1) is 53.2 Å². The van der Waals surface area contributed by atoms with E-state index in [1.807, 2.05) is 60.7 Å². The average molecular weight is 785 g/mol. The molecule has 3 heterocycles. The van der Waals surface area contributed by atoms with Gasteiger partial charge in [0, 0.05) is 43.2 Å². The maximum Gasteiger partial charge on any atom is 0.305 e. The molecule has 0 saturated carbocycles. The van der Waals surface area contributed by atoms with Gasteiger partial charge in [0.25, 0.3) is 5.91 Å². The van der Waals surface area contributed by atoms with Crippen LogP contribution >= 0.6 is 0 Å². The Morgan fingerprint density at radius 1 is 1.05 bits per heavy atom. The van der Waals surface area contributed by atoms with Gasteiger partial charge in [-0.1, -0.05) is 67.7 Å². The van der Waals surface area contributed by atoms with Crippen LogP contribution in [0, 0.1) is 5.92 Å². The number of hydrogen-bond acceptors (Lipinski definition) is 9. The summed E-state index contributed by atoms with van der Waals surface area (Å²) < 4.78 is 17.6. The van der Waals surface area contributed by atoms with Crippen LogP contribution in [-0.2, 0) is 40.8 Å². The molecule has 3 aromatic rings. The zero-order chi connectivity index (χ0) is 40.0. The third-order valence-electron chi connectivity index (χ3n) is 12.0. The van der Waals surface area contributed by atoms with E-state index in [-0.39, 0.29) is 67.2 Å². The van der Waals surface area contributed by atoms with E-state index >= 15 is 4.79 Å². The molecule has 5 atom stereocenters. The number of carbonyl (C=O) groups excluding carboxylic acids is 4. The number of amides is 3. The second-order valence-electron chi connectivity index (χ2n) is 15.7. The lowest BCUT2D eigenvalue weighted by molar-refractivity contribution is -0.149. The second-order valence-corrected chi connectivity index (χ2v) is 20.4. The fourth-order valence-corrected chi connectivity index (χ4v) is 13.1. The number of esters is 1. The van der Waals surface area contributed by atoms with Gasteiger partial charge in [0.1, 0.15) is 5.75 Å². The number of aliphatic hydroxyl groups excluding tert-OH is 1. The number of nitrogens with one attached hydrogen (secondary N) is 2. The number of unbranched alkanes of at least 4 members (excludes halogenated alkanes) is 1. The molecule has 3 amide bonds.